The molecular formula is C12H16N2O2. The molecule has 0 saturated carbocycles. The van der Waals surface area contributed by atoms with E-state index in [1.165, 1.54) is 6.42 Å². The quantitative estimate of drug-likeness (QED) is 0.768. The van der Waals surface area contributed by atoms with Crippen molar-refractivity contribution in [1.82, 2.24) is 10.2 Å². The molecule has 0 spiro atoms. The highest BCUT2D eigenvalue weighted by Crippen LogP contribution is 2.26. The summed E-state index contributed by atoms with van der Waals surface area (Å²) in [6.45, 7) is 4.67. The van der Waals surface area contributed by atoms with Crippen LogP contribution in [-0.4, -0.2) is 36.5 Å². The molecule has 16 heavy (non-hydrogen) atoms. The number of carbonyl (C=O) groups excluding carboxylic acids is 1. The highest BCUT2D eigenvalue weighted by Gasteiger charge is 2.38. The van der Waals surface area contributed by atoms with E-state index in [9.17, 15) is 4.79 Å². The monoisotopic (exact) mass is 220 g/mol. The predicted molar refractivity (Wildman–Crippen MR) is 59.2 cm³/mol. The van der Waals surface area contributed by atoms with Gasteiger partial charge in [-0.15, -0.1) is 0 Å². The van der Waals surface area contributed by atoms with Crippen molar-refractivity contribution in [3.63, 3.8) is 0 Å². The number of amides is 1. The van der Waals surface area contributed by atoms with Crippen LogP contribution in [0.3, 0.4) is 0 Å². The van der Waals surface area contributed by atoms with Gasteiger partial charge in [-0.05, 0) is 31.9 Å². The first-order valence-corrected chi connectivity index (χ1v) is 5.82. The molecule has 86 valence electrons. The van der Waals surface area contributed by atoms with Crippen molar-refractivity contribution in [3.8, 4) is 0 Å². The second kappa shape index (κ2) is 3.63. The van der Waals surface area contributed by atoms with Crippen molar-refractivity contribution in [2.75, 3.05) is 19.6 Å². The first-order valence-electron chi connectivity index (χ1n) is 5.82. The molecule has 0 aromatic carbocycles. The predicted octanol–water partition coefficient (Wildman–Crippen LogP) is 1.02. The van der Waals surface area contributed by atoms with Crippen LogP contribution in [0.25, 0.3) is 0 Å². The van der Waals surface area contributed by atoms with Crippen molar-refractivity contribution in [1.29, 1.82) is 0 Å². The average molecular weight is 220 g/mol. The van der Waals surface area contributed by atoms with Gasteiger partial charge in [0, 0.05) is 19.1 Å². The molecule has 2 aliphatic heterocycles. The molecular weight excluding hydrogens is 204 g/mol. The van der Waals surface area contributed by atoms with E-state index >= 15 is 0 Å². The third kappa shape index (κ3) is 1.45. The Morgan fingerprint density at radius 3 is 3.12 bits per heavy atom. The van der Waals surface area contributed by atoms with Gasteiger partial charge in [-0.25, -0.2) is 0 Å². The van der Waals surface area contributed by atoms with E-state index in [4.69, 9.17) is 4.42 Å². The Morgan fingerprint density at radius 1 is 1.56 bits per heavy atom. The fourth-order valence-corrected chi connectivity index (χ4v) is 2.79. The van der Waals surface area contributed by atoms with E-state index < -0.39 is 0 Å². The minimum absolute atomic E-state index is 0.113. The Kier molecular flexibility index (Phi) is 2.24. The molecule has 0 bridgehead atoms. The zero-order valence-corrected chi connectivity index (χ0v) is 9.40. The maximum absolute atomic E-state index is 12.2. The summed E-state index contributed by atoms with van der Waals surface area (Å²) in [7, 11) is 0. The second-order valence-corrected chi connectivity index (χ2v) is 4.71. The second-order valence-electron chi connectivity index (χ2n) is 4.71. The van der Waals surface area contributed by atoms with Gasteiger partial charge in [-0.1, -0.05) is 0 Å². The molecule has 0 radical (unpaired) electrons. The van der Waals surface area contributed by atoms with Crippen LogP contribution >= 0.6 is 0 Å². The summed E-state index contributed by atoms with van der Waals surface area (Å²) in [4.78, 5) is 14.1. The highest BCUT2D eigenvalue weighted by atomic mass is 16.3. The van der Waals surface area contributed by atoms with Gasteiger partial charge < -0.3 is 14.6 Å². The Balaban J connectivity index is 1.75. The maximum Gasteiger partial charge on any atom is 0.257 e. The molecule has 2 saturated heterocycles. The maximum atomic E-state index is 12.2. The zero-order chi connectivity index (χ0) is 11.1. The van der Waals surface area contributed by atoms with Crippen molar-refractivity contribution in [2.45, 2.75) is 19.4 Å². The number of hydrogen-bond donors (Lipinski definition) is 1. The van der Waals surface area contributed by atoms with Crippen molar-refractivity contribution < 1.29 is 9.21 Å². The molecule has 2 fully saturated rings. The van der Waals surface area contributed by atoms with Gasteiger partial charge in [0.05, 0.1) is 11.8 Å². The summed E-state index contributed by atoms with van der Waals surface area (Å²) in [5.74, 6) is 1.48. The minimum atomic E-state index is 0.113. The Labute approximate surface area is 94.6 Å². The van der Waals surface area contributed by atoms with E-state index in [0.717, 1.165) is 25.4 Å². The Bertz CT molecular complexity index is 401. The molecule has 2 aliphatic rings. The molecule has 1 amide bonds. The minimum Gasteiger partial charge on any atom is -0.469 e. The Morgan fingerprint density at radius 2 is 2.44 bits per heavy atom. The van der Waals surface area contributed by atoms with Crippen LogP contribution in [0, 0.1) is 12.8 Å². The molecule has 1 aromatic heterocycles. The molecule has 4 nitrogen and oxygen atoms in total. The zero-order valence-electron chi connectivity index (χ0n) is 9.40. The highest BCUT2D eigenvalue weighted by molar-refractivity contribution is 5.95. The fraction of sp³-hybridized carbons (Fsp3) is 0.583. The average Bonchev–Trinajstić information content (AvgIpc) is 2.89. The number of hydrogen-bond acceptors (Lipinski definition) is 3. The molecule has 0 aliphatic carbocycles. The van der Waals surface area contributed by atoms with E-state index in [2.05, 4.69) is 5.32 Å². The number of fused-ring (bicyclic) bond motifs is 1. The van der Waals surface area contributed by atoms with E-state index in [1.807, 2.05) is 11.8 Å². The summed E-state index contributed by atoms with van der Waals surface area (Å²) in [6.07, 6.45) is 2.77. The summed E-state index contributed by atoms with van der Waals surface area (Å²) in [5.41, 5.74) is 0.708. The summed E-state index contributed by atoms with van der Waals surface area (Å²) < 4.78 is 5.18. The molecule has 3 rings (SSSR count). The van der Waals surface area contributed by atoms with E-state index in [1.54, 1.807) is 12.3 Å². The molecule has 1 aromatic rings. The molecule has 1 N–H and O–H groups in total. The van der Waals surface area contributed by atoms with Gasteiger partial charge in [-0.2, -0.15) is 0 Å². The van der Waals surface area contributed by atoms with Gasteiger partial charge >= 0.3 is 0 Å². The normalized spacial score (nSPS) is 28.4. The van der Waals surface area contributed by atoms with Gasteiger partial charge in [0.25, 0.3) is 5.91 Å². The summed E-state index contributed by atoms with van der Waals surface area (Å²) >= 11 is 0. The van der Waals surface area contributed by atoms with Crippen LogP contribution in [0.4, 0.5) is 0 Å². The lowest BCUT2D eigenvalue weighted by Crippen LogP contribution is -2.34. The third-order valence-corrected chi connectivity index (χ3v) is 3.74. The Hall–Kier alpha value is -1.29. The number of nitrogens with one attached hydrogen (secondary N) is 1. The number of nitrogens with zero attached hydrogens (tertiary/aromatic N) is 1. The lowest BCUT2D eigenvalue weighted by Gasteiger charge is -2.16. The molecule has 2 atom stereocenters. The topological polar surface area (TPSA) is 45.5 Å². The first kappa shape index (κ1) is 9.90. The largest absolute Gasteiger partial charge is 0.469 e. The van der Waals surface area contributed by atoms with Crippen molar-refractivity contribution in [3.05, 3.63) is 23.7 Å². The number of rotatable bonds is 1. The smallest absolute Gasteiger partial charge is 0.257 e. The summed E-state index contributed by atoms with van der Waals surface area (Å²) in [6, 6.07) is 2.27. The van der Waals surface area contributed by atoms with Gasteiger partial charge in [-0.3, -0.25) is 4.79 Å². The van der Waals surface area contributed by atoms with Gasteiger partial charge in [0.15, 0.2) is 0 Å². The number of likely N-dealkylation sites (tertiary alicyclic amines) is 1. The number of aryl methyl sites for hydroxylation is 1. The van der Waals surface area contributed by atoms with Crippen LogP contribution in [0.2, 0.25) is 0 Å². The van der Waals surface area contributed by atoms with E-state index in [-0.39, 0.29) is 5.91 Å². The van der Waals surface area contributed by atoms with Crippen LogP contribution in [-0.2, 0) is 0 Å². The SMILES string of the molecule is Cc1occc1C(=O)N1CC2CCNC2C1. The van der Waals surface area contributed by atoms with Gasteiger partial charge in [0.2, 0.25) is 0 Å². The third-order valence-electron chi connectivity index (χ3n) is 3.74. The van der Waals surface area contributed by atoms with Crippen LogP contribution in [0.5, 0.6) is 0 Å². The van der Waals surface area contributed by atoms with Gasteiger partial charge in [0.1, 0.15) is 5.76 Å². The standard InChI is InChI=1S/C12H16N2O2/c1-8-10(3-5-16-8)12(15)14-6-9-2-4-13-11(9)7-14/h3,5,9,11,13H,2,4,6-7H2,1H3. The van der Waals surface area contributed by atoms with Crippen LogP contribution in [0.15, 0.2) is 16.7 Å². The molecule has 4 heteroatoms. The first-order chi connectivity index (χ1) is 7.75. The lowest BCUT2D eigenvalue weighted by molar-refractivity contribution is 0.0781. The fourth-order valence-electron chi connectivity index (χ4n) is 2.79. The molecule has 2 unspecified atom stereocenters. The molecule has 3 heterocycles. The van der Waals surface area contributed by atoms with E-state index in [0.29, 0.717) is 17.5 Å². The number of furan rings is 1. The van der Waals surface area contributed by atoms with Crippen molar-refractivity contribution >= 4 is 5.91 Å². The number of carbonyl (C=O) groups is 1. The van der Waals surface area contributed by atoms with Crippen LogP contribution < -0.4 is 5.32 Å². The lowest BCUT2D eigenvalue weighted by atomic mass is 10.1. The van der Waals surface area contributed by atoms with Crippen molar-refractivity contribution in [2.24, 2.45) is 5.92 Å². The summed E-state index contributed by atoms with van der Waals surface area (Å²) in [5, 5.41) is 3.45. The van der Waals surface area contributed by atoms with Crippen LogP contribution in [0.1, 0.15) is 22.5 Å².